The second kappa shape index (κ2) is 4.30. The van der Waals surface area contributed by atoms with Gasteiger partial charge in [0.05, 0.1) is 0 Å². The Bertz CT molecular complexity index is 236. The van der Waals surface area contributed by atoms with Crippen LogP contribution in [0.3, 0.4) is 0 Å². The normalized spacial score (nSPS) is 10.9. The van der Waals surface area contributed by atoms with E-state index in [0.717, 1.165) is 0 Å². The van der Waals surface area contributed by atoms with Crippen molar-refractivity contribution >= 4 is 12.0 Å². The Morgan fingerprint density at radius 3 is 1.93 bits per heavy atom. The van der Waals surface area contributed by atoms with Gasteiger partial charge in [-0.1, -0.05) is 0 Å². The lowest BCUT2D eigenvalue weighted by atomic mass is 10.0. The molecule has 0 unspecified atom stereocenters. The fourth-order valence-electron chi connectivity index (χ4n) is 1.13. The van der Waals surface area contributed by atoms with Crippen LogP contribution in [0.15, 0.2) is 0 Å². The number of rotatable bonds is 3. The minimum atomic E-state index is -1.17. The topological polar surface area (TPSA) is 60.9 Å². The van der Waals surface area contributed by atoms with Crippen molar-refractivity contribution < 1.29 is 14.7 Å². The number of carboxylic acid groups (broad SMARTS) is 1. The summed E-state index contributed by atoms with van der Waals surface area (Å²) < 4.78 is 0. The molecule has 0 fully saturated rings. The highest BCUT2D eigenvalue weighted by atomic mass is 16.4. The molecule has 0 aliphatic heterocycles. The maximum absolute atomic E-state index is 11.6. The highest BCUT2D eigenvalue weighted by Crippen LogP contribution is 2.15. The van der Waals surface area contributed by atoms with Gasteiger partial charge in [-0.3, -0.25) is 0 Å². The van der Waals surface area contributed by atoms with Gasteiger partial charge >= 0.3 is 12.0 Å². The van der Waals surface area contributed by atoms with Crippen molar-refractivity contribution in [3.05, 3.63) is 0 Å². The third kappa shape index (κ3) is 2.37. The first-order valence-electron chi connectivity index (χ1n) is 4.47. The standard InChI is InChI=1S/C9H18N2O3/c1-6-11(8(14)10(4)5)9(2,3)7(12)13/h6H2,1-5H3,(H,12,13). The van der Waals surface area contributed by atoms with Crippen molar-refractivity contribution in [2.24, 2.45) is 0 Å². The van der Waals surface area contributed by atoms with Crippen molar-refractivity contribution in [1.82, 2.24) is 9.80 Å². The maximum atomic E-state index is 11.6. The lowest BCUT2D eigenvalue weighted by Gasteiger charge is -2.35. The predicted molar refractivity (Wildman–Crippen MR) is 53.2 cm³/mol. The Hall–Kier alpha value is -1.26. The van der Waals surface area contributed by atoms with E-state index in [2.05, 4.69) is 0 Å². The smallest absolute Gasteiger partial charge is 0.329 e. The van der Waals surface area contributed by atoms with Crippen LogP contribution in [0.5, 0.6) is 0 Å². The highest BCUT2D eigenvalue weighted by Gasteiger charge is 2.37. The van der Waals surface area contributed by atoms with E-state index < -0.39 is 11.5 Å². The molecular formula is C9H18N2O3. The molecule has 0 aromatic rings. The average Bonchev–Trinajstić information content (AvgIpc) is 2.04. The summed E-state index contributed by atoms with van der Waals surface area (Å²) in [4.78, 5) is 25.2. The van der Waals surface area contributed by atoms with Crippen LogP contribution in [0.25, 0.3) is 0 Å². The van der Waals surface area contributed by atoms with Crippen molar-refractivity contribution in [3.8, 4) is 0 Å². The van der Waals surface area contributed by atoms with Gasteiger partial charge in [0, 0.05) is 20.6 Å². The minimum Gasteiger partial charge on any atom is -0.480 e. The van der Waals surface area contributed by atoms with Gasteiger partial charge < -0.3 is 14.9 Å². The second-order valence-corrected chi connectivity index (χ2v) is 3.79. The molecule has 0 saturated heterocycles. The van der Waals surface area contributed by atoms with Gasteiger partial charge in [0.1, 0.15) is 5.54 Å². The monoisotopic (exact) mass is 202 g/mol. The predicted octanol–water partition coefficient (Wildman–Crippen LogP) is 0.853. The number of carboxylic acids is 1. The minimum absolute atomic E-state index is 0.292. The zero-order valence-corrected chi connectivity index (χ0v) is 9.37. The molecule has 0 atom stereocenters. The van der Waals surface area contributed by atoms with Crippen LogP contribution in [0.1, 0.15) is 20.8 Å². The number of hydrogen-bond donors (Lipinski definition) is 1. The first kappa shape index (κ1) is 12.7. The Balaban J connectivity index is 4.90. The Morgan fingerprint density at radius 2 is 1.71 bits per heavy atom. The van der Waals surface area contributed by atoms with Crippen LogP contribution in [-0.2, 0) is 4.79 Å². The number of amides is 2. The molecule has 0 aliphatic carbocycles. The molecule has 5 heteroatoms. The third-order valence-corrected chi connectivity index (χ3v) is 2.13. The largest absolute Gasteiger partial charge is 0.480 e. The molecule has 14 heavy (non-hydrogen) atoms. The van der Waals surface area contributed by atoms with E-state index >= 15 is 0 Å². The van der Waals surface area contributed by atoms with E-state index in [1.807, 2.05) is 0 Å². The number of carbonyl (C=O) groups is 2. The van der Waals surface area contributed by atoms with E-state index in [9.17, 15) is 9.59 Å². The fraction of sp³-hybridized carbons (Fsp3) is 0.778. The van der Waals surface area contributed by atoms with Crippen LogP contribution in [0, 0.1) is 0 Å². The summed E-state index contributed by atoms with van der Waals surface area (Å²) in [6, 6.07) is -0.292. The van der Waals surface area contributed by atoms with Gasteiger partial charge in [-0.2, -0.15) is 0 Å². The molecule has 0 radical (unpaired) electrons. The Morgan fingerprint density at radius 1 is 1.29 bits per heavy atom. The lowest BCUT2D eigenvalue weighted by molar-refractivity contribution is -0.147. The van der Waals surface area contributed by atoms with Gasteiger partial charge in [0.2, 0.25) is 0 Å². The molecule has 1 N–H and O–H groups in total. The third-order valence-electron chi connectivity index (χ3n) is 2.13. The molecule has 0 aromatic heterocycles. The molecule has 2 amide bonds. The van der Waals surface area contributed by atoms with E-state index in [4.69, 9.17) is 5.11 Å². The molecule has 0 aromatic carbocycles. The lowest BCUT2D eigenvalue weighted by Crippen LogP contribution is -2.55. The highest BCUT2D eigenvalue weighted by molar-refractivity contribution is 5.85. The zero-order chi connectivity index (χ0) is 11.5. The van der Waals surface area contributed by atoms with Gasteiger partial charge in [-0.15, -0.1) is 0 Å². The van der Waals surface area contributed by atoms with Crippen LogP contribution in [-0.4, -0.2) is 53.1 Å². The van der Waals surface area contributed by atoms with Gasteiger partial charge in [0.15, 0.2) is 0 Å². The van der Waals surface area contributed by atoms with Crippen LogP contribution in [0.4, 0.5) is 4.79 Å². The summed E-state index contributed by atoms with van der Waals surface area (Å²) in [5.74, 6) is -1.01. The molecule has 0 bridgehead atoms. The molecule has 82 valence electrons. The summed E-state index contributed by atoms with van der Waals surface area (Å²) in [5.41, 5.74) is -1.17. The average molecular weight is 202 g/mol. The molecule has 5 nitrogen and oxygen atoms in total. The first-order chi connectivity index (χ1) is 6.25. The van der Waals surface area contributed by atoms with Crippen LogP contribution in [0.2, 0.25) is 0 Å². The van der Waals surface area contributed by atoms with Crippen molar-refractivity contribution in [1.29, 1.82) is 0 Å². The van der Waals surface area contributed by atoms with E-state index in [-0.39, 0.29) is 6.03 Å². The van der Waals surface area contributed by atoms with E-state index in [1.165, 1.54) is 23.6 Å². The number of aliphatic carboxylic acids is 1. The van der Waals surface area contributed by atoms with Crippen LogP contribution < -0.4 is 0 Å². The fourth-order valence-corrected chi connectivity index (χ4v) is 1.13. The summed E-state index contributed by atoms with van der Waals surface area (Å²) in [7, 11) is 3.20. The van der Waals surface area contributed by atoms with Gasteiger partial charge in [0.25, 0.3) is 0 Å². The summed E-state index contributed by atoms with van der Waals surface area (Å²) in [5, 5.41) is 8.96. The molecule has 0 heterocycles. The Kier molecular flexibility index (Phi) is 3.92. The summed E-state index contributed by atoms with van der Waals surface area (Å²) >= 11 is 0. The van der Waals surface area contributed by atoms with E-state index in [1.54, 1.807) is 21.0 Å². The molecule has 0 spiro atoms. The zero-order valence-electron chi connectivity index (χ0n) is 9.37. The number of urea groups is 1. The molecular weight excluding hydrogens is 184 g/mol. The quantitative estimate of drug-likeness (QED) is 0.738. The Labute approximate surface area is 84.3 Å². The maximum Gasteiger partial charge on any atom is 0.329 e. The van der Waals surface area contributed by atoms with Crippen LogP contribution >= 0.6 is 0 Å². The van der Waals surface area contributed by atoms with E-state index in [0.29, 0.717) is 6.54 Å². The number of carbonyl (C=O) groups excluding carboxylic acids is 1. The first-order valence-corrected chi connectivity index (χ1v) is 4.47. The molecule has 0 saturated carbocycles. The summed E-state index contributed by atoms with van der Waals surface area (Å²) in [6.07, 6.45) is 0. The van der Waals surface area contributed by atoms with Gasteiger partial charge in [-0.05, 0) is 20.8 Å². The molecule has 0 aliphatic rings. The van der Waals surface area contributed by atoms with Crippen molar-refractivity contribution in [2.75, 3.05) is 20.6 Å². The molecule has 0 rings (SSSR count). The number of likely N-dealkylation sites (N-methyl/N-ethyl adjacent to an activating group) is 1. The number of nitrogens with zero attached hydrogens (tertiary/aromatic N) is 2. The second-order valence-electron chi connectivity index (χ2n) is 3.79. The van der Waals surface area contributed by atoms with Gasteiger partial charge in [-0.25, -0.2) is 9.59 Å². The number of hydrogen-bond acceptors (Lipinski definition) is 2. The van der Waals surface area contributed by atoms with Crippen molar-refractivity contribution in [3.63, 3.8) is 0 Å². The SMILES string of the molecule is CCN(C(=O)N(C)C)C(C)(C)C(=O)O. The van der Waals surface area contributed by atoms with Crippen molar-refractivity contribution in [2.45, 2.75) is 26.3 Å². The summed E-state index contributed by atoms with van der Waals surface area (Å²) in [6.45, 7) is 5.16.